The van der Waals surface area contributed by atoms with Crippen LogP contribution in [0.4, 0.5) is 0 Å². The van der Waals surface area contributed by atoms with Gasteiger partial charge < -0.3 is 14.8 Å². The molecule has 5 rings (SSSR count). The summed E-state index contributed by atoms with van der Waals surface area (Å²) in [6, 6.07) is 20.6. The molecule has 4 heterocycles. The van der Waals surface area contributed by atoms with Crippen molar-refractivity contribution in [3.63, 3.8) is 0 Å². The number of aromatic nitrogens is 3. The van der Waals surface area contributed by atoms with Crippen molar-refractivity contribution in [1.82, 2.24) is 24.8 Å². The highest BCUT2D eigenvalue weighted by molar-refractivity contribution is 7.80. The van der Waals surface area contributed by atoms with E-state index >= 15 is 0 Å². The number of hydrogen-bond acceptors (Lipinski definition) is 3. The van der Waals surface area contributed by atoms with Gasteiger partial charge in [0.15, 0.2) is 5.11 Å². The quantitative estimate of drug-likeness (QED) is 0.412. The molecule has 6 heteroatoms. The largest absolute Gasteiger partial charge is 0.352 e. The monoisotopic (exact) mass is 453 g/mol. The van der Waals surface area contributed by atoms with Crippen molar-refractivity contribution in [2.75, 3.05) is 0 Å². The summed E-state index contributed by atoms with van der Waals surface area (Å²) < 4.78 is 2.35. The van der Waals surface area contributed by atoms with Gasteiger partial charge in [0, 0.05) is 47.8 Å². The zero-order valence-electron chi connectivity index (χ0n) is 19.1. The number of hydrogen-bond donors (Lipinski definition) is 1. The third-order valence-corrected chi connectivity index (χ3v) is 6.94. The molecule has 0 spiro atoms. The van der Waals surface area contributed by atoms with E-state index in [4.69, 9.17) is 17.2 Å². The highest BCUT2D eigenvalue weighted by Gasteiger charge is 2.42. The Hall–Kier alpha value is -3.51. The summed E-state index contributed by atoms with van der Waals surface area (Å²) in [5.74, 6) is 0. The maximum Gasteiger partial charge on any atom is 0.170 e. The summed E-state index contributed by atoms with van der Waals surface area (Å²) in [6.07, 6.45) is 5.56. The number of para-hydroxylation sites is 1. The topological polar surface area (TPSA) is 46.0 Å². The van der Waals surface area contributed by atoms with Crippen LogP contribution in [0.1, 0.15) is 45.9 Å². The average Bonchev–Trinajstić information content (AvgIpc) is 3.27. The molecule has 5 nitrogen and oxygen atoms in total. The van der Waals surface area contributed by atoms with E-state index in [0.717, 1.165) is 16.4 Å². The summed E-state index contributed by atoms with van der Waals surface area (Å²) in [7, 11) is 0. The SMILES string of the molecule is Cc1c(C2C(c3ccccn3)NC(=S)N2Cc2cccnc2)c(C)n(-c2ccccc2)c1C. The van der Waals surface area contributed by atoms with Crippen LogP contribution in [0, 0.1) is 20.8 Å². The lowest BCUT2D eigenvalue weighted by Gasteiger charge is -2.29. The maximum atomic E-state index is 5.87. The Labute approximate surface area is 200 Å². The van der Waals surface area contributed by atoms with Crippen LogP contribution >= 0.6 is 12.2 Å². The lowest BCUT2D eigenvalue weighted by atomic mass is 9.93. The summed E-state index contributed by atoms with van der Waals surface area (Å²) in [5, 5.41) is 4.32. The summed E-state index contributed by atoms with van der Waals surface area (Å²) >= 11 is 5.87. The first-order valence-electron chi connectivity index (χ1n) is 11.2. The minimum atomic E-state index is -0.0428. The zero-order valence-corrected chi connectivity index (χ0v) is 19.9. The second kappa shape index (κ2) is 8.79. The lowest BCUT2D eigenvalue weighted by molar-refractivity contribution is 0.309. The molecular formula is C27H27N5S. The minimum Gasteiger partial charge on any atom is -0.352 e. The van der Waals surface area contributed by atoms with E-state index in [1.807, 2.05) is 30.6 Å². The minimum absolute atomic E-state index is 0.0104. The van der Waals surface area contributed by atoms with Gasteiger partial charge in [-0.2, -0.15) is 0 Å². The zero-order chi connectivity index (χ0) is 22.9. The molecule has 1 saturated heterocycles. The van der Waals surface area contributed by atoms with E-state index in [9.17, 15) is 0 Å². The number of nitrogens with one attached hydrogen (secondary N) is 1. The van der Waals surface area contributed by atoms with Crippen molar-refractivity contribution in [2.24, 2.45) is 0 Å². The molecule has 1 N–H and O–H groups in total. The van der Waals surface area contributed by atoms with E-state index in [1.54, 1.807) is 6.20 Å². The van der Waals surface area contributed by atoms with Crippen LogP contribution < -0.4 is 5.32 Å². The van der Waals surface area contributed by atoms with Crippen molar-refractivity contribution in [1.29, 1.82) is 0 Å². The van der Waals surface area contributed by atoms with Crippen LogP contribution in [0.5, 0.6) is 0 Å². The number of rotatable bonds is 5. The Balaban J connectivity index is 1.67. The van der Waals surface area contributed by atoms with Crippen molar-refractivity contribution in [3.8, 4) is 5.69 Å². The highest BCUT2D eigenvalue weighted by Crippen LogP contribution is 2.44. The molecule has 33 heavy (non-hydrogen) atoms. The Morgan fingerprint density at radius 2 is 1.70 bits per heavy atom. The van der Waals surface area contributed by atoms with Gasteiger partial charge in [-0.3, -0.25) is 9.97 Å². The fourth-order valence-electron chi connectivity index (χ4n) is 4.98. The second-order valence-corrected chi connectivity index (χ2v) is 8.88. The Kier molecular flexibility index (Phi) is 5.68. The van der Waals surface area contributed by atoms with Gasteiger partial charge in [-0.1, -0.05) is 30.3 Å². The van der Waals surface area contributed by atoms with E-state index in [-0.39, 0.29) is 12.1 Å². The Morgan fingerprint density at radius 1 is 0.909 bits per heavy atom. The third-order valence-electron chi connectivity index (χ3n) is 6.59. The Bertz CT molecular complexity index is 1270. The van der Waals surface area contributed by atoms with Gasteiger partial charge in [-0.15, -0.1) is 0 Å². The maximum absolute atomic E-state index is 5.87. The van der Waals surface area contributed by atoms with Crippen LogP contribution in [-0.4, -0.2) is 24.5 Å². The molecule has 3 aromatic heterocycles. The molecule has 1 aliphatic heterocycles. The normalized spacial score (nSPS) is 17.9. The van der Waals surface area contributed by atoms with Crippen molar-refractivity contribution < 1.29 is 0 Å². The number of thiocarbonyl (C=S) groups is 1. The predicted molar refractivity (Wildman–Crippen MR) is 135 cm³/mol. The molecule has 0 radical (unpaired) electrons. The van der Waals surface area contributed by atoms with Gasteiger partial charge in [-0.25, -0.2) is 0 Å². The molecule has 166 valence electrons. The predicted octanol–water partition coefficient (Wildman–Crippen LogP) is 5.37. The first kappa shape index (κ1) is 21.3. The Morgan fingerprint density at radius 3 is 2.39 bits per heavy atom. The van der Waals surface area contributed by atoms with Gasteiger partial charge >= 0.3 is 0 Å². The van der Waals surface area contributed by atoms with Gasteiger partial charge in [0.25, 0.3) is 0 Å². The summed E-state index contributed by atoms with van der Waals surface area (Å²) in [6.45, 7) is 7.31. The first-order chi connectivity index (χ1) is 16.1. The third kappa shape index (κ3) is 3.80. The van der Waals surface area contributed by atoms with Crippen LogP contribution in [0.15, 0.2) is 79.3 Å². The van der Waals surface area contributed by atoms with Gasteiger partial charge in [0.1, 0.15) is 0 Å². The van der Waals surface area contributed by atoms with Gasteiger partial charge in [-0.05, 0) is 74.4 Å². The first-order valence-corrected chi connectivity index (χ1v) is 11.6. The fraction of sp³-hybridized carbons (Fsp3) is 0.222. The molecule has 0 saturated carbocycles. The standard InChI is InChI=1S/C27H27N5S/c1-18-19(2)32(22-11-5-4-6-12-22)20(3)24(18)26-25(23-13-7-8-15-29-23)30-27(33)31(26)17-21-10-9-14-28-16-21/h4-16,25-26H,17H2,1-3H3,(H,30,33). The fourth-order valence-corrected chi connectivity index (χ4v) is 5.29. The van der Waals surface area contributed by atoms with Crippen LogP contribution in [-0.2, 0) is 6.54 Å². The summed E-state index contributed by atoms with van der Waals surface area (Å²) in [4.78, 5) is 11.3. The molecule has 1 fully saturated rings. The average molecular weight is 454 g/mol. The van der Waals surface area contributed by atoms with Crippen LogP contribution in [0.2, 0.25) is 0 Å². The van der Waals surface area contributed by atoms with E-state index in [2.05, 4.69) is 83.0 Å². The van der Waals surface area contributed by atoms with Crippen molar-refractivity contribution in [3.05, 3.63) is 113 Å². The molecule has 2 unspecified atom stereocenters. The molecule has 0 bridgehead atoms. The molecule has 2 atom stereocenters. The molecule has 1 aliphatic rings. The number of pyridine rings is 2. The number of benzene rings is 1. The molecule has 1 aromatic carbocycles. The molecule has 0 aliphatic carbocycles. The lowest BCUT2D eigenvalue weighted by Crippen LogP contribution is -2.29. The van der Waals surface area contributed by atoms with E-state index < -0.39 is 0 Å². The molecule has 4 aromatic rings. The van der Waals surface area contributed by atoms with Gasteiger partial charge in [0.2, 0.25) is 0 Å². The van der Waals surface area contributed by atoms with E-state index in [1.165, 1.54) is 28.2 Å². The highest BCUT2D eigenvalue weighted by atomic mass is 32.1. The number of nitrogens with zero attached hydrogens (tertiary/aromatic N) is 4. The van der Waals surface area contributed by atoms with Crippen molar-refractivity contribution in [2.45, 2.75) is 39.4 Å². The molecule has 0 amide bonds. The summed E-state index contributed by atoms with van der Waals surface area (Å²) in [5.41, 5.74) is 8.33. The smallest absolute Gasteiger partial charge is 0.170 e. The van der Waals surface area contributed by atoms with E-state index in [0.29, 0.717) is 6.54 Å². The van der Waals surface area contributed by atoms with Gasteiger partial charge in [0.05, 0.1) is 17.8 Å². The van der Waals surface area contributed by atoms with Crippen LogP contribution in [0.25, 0.3) is 5.69 Å². The van der Waals surface area contributed by atoms with Crippen LogP contribution in [0.3, 0.4) is 0 Å². The van der Waals surface area contributed by atoms with Crippen molar-refractivity contribution >= 4 is 17.3 Å². The molecular weight excluding hydrogens is 426 g/mol. The second-order valence-electron chi connectivity index (χ2n) is 8.50.